The van der Waals surface area contributed by atoms with Gasteiger partial charge in [-0.2, -0.15) is 5.26 Å². The van der Waals surface area contributed by atoms with Crippen LogP contribution in [0.4, 0.5) is 13.2 Å². The first-order valence-corrected chi connectivity index (χ1v) is 4.58. The first-order valence-electron chi connectivity index (χ1n) is 4.58. The van der Waals surface area contributed by atoms with Gasteiger partial charge in [-0.05, 0) is 0 Å². The van der Waals surface area contributed by atoms with Crippen LogP contribution < -0.4 is 5.32 Å². The fourth-order valence-corrected chi connectivity index (χ4v) is 1.42. The van der Waals surface area contributed by atoms with E-state index in [0.29, 0.717) is 19.6 Å². The summed E-state index contributed by atoms with van der Waals surface area (Å²) in [6, 6.07) is 1.66. The Kier molecular flexibility index (Phi) is 4.32. The number of halogens is 3. The number of alkyl halides is 3. The average molecular weight is 223 g/mol. The van der Waals surface area contributed by atoms with Crippen molar-refractivity contribution in [1.29, 1.82) is 5.26 Å². The van der Waals surface area contributed by atoms with Gasteiger partial charge in [-0.3, -0.25) is 9.64 Å². The van der Waals surface area contributed by atoms with Gasteiger partial charge in [0.05, 0.1) is 12.7 Å². The molecule has 1 atom stereocenters. The fourth-order valence-electron chi connectivity index (χ4n) is 1.42. The van der Waals surface area contributed by atoms with Gasteiger partial charge in [-0.25, -0.2) is 0 Å². The van der Waals surface area contributed by atoms with Crippen molar-refractivity contribution in [3.8, 4) is 6.07 Å². The van der Waals surface area contributed by atoms with Crippen molar-refractivity contribution in [2.24, 2.45) is 0 Å². The highest BCUT2D eigenvalue weighted by atomic mass is 19.4. The molecule has 0 aromatic heterocycles. The van der Waals surface area contributed by atoms with Crippen LogP contribution in [0.25, 0.3) is 0 Å². The van der Waals surface area contributed by atoms with Crippen molar-refractivity contribution < 1.29 is 17.9 Å². The maximum Gasteiger partial charge on any atom is 0.522 e. The highest BCUT2D eigenvalue weighted by molar-refractivity contribution is 4.95. The minimum atomic E-state index is -4.59. The van der Waals surface area contributed by atoms with E-state index in [4.69, 9.17) is 5.26 Å². The third kappa shape index (κ3) is 4.46. The van der Waals surface area contributed by atoms with Crippen molar-refractivity contribution in [2.45, 2.75) is 12.4 Å². The van der Waals surface area contributed by atoms with E-state index in [9.17, 15) is 13.2 Å². The normalized spacial score (nSPS) is 23.7. The molecule has 1 aliphatic rings. The predicted molar refractivity (Wildman–Crippen MR) is 45.9 cm³/mol. The van der Waals surface area contributed by atoms with Crippen LogP contribution in [0.1, 0.15) is 0 Å². The average Bonchev–Trinajstić information content (AvgIpc) is 2.16. The van der Waals surface area contributed by atoms with Gasteiger partial charge in [0, 0.05) is 26.2 Å². The van der Waals surface area contributed by atoms with E-state index < -0.39 is 13.0 Å². The lowest BCUT2D eigenvalue weighted by molar-refractivity contribution is -0.325. The summed E-state index contributed by atoms with van der Waals surface area (Å²) in [5, 5.41) is 11.7. The van der Waals surface area contributed by atoms with E-state index in [1.807, 2.05) is 6.07 Å². The zero-order valence-corrected chi connectivity index (χ0v) is 8.05. The maximum atomic E-state index is 11.7. The molecular weight excluding hydrogens is 211 g/mol. The molecule has 1 saturated heterocycles. The van der Waals surface area contributed by atoms with Gasteiger partial charge in [0.15, 0.2) is 0 Å². The number of piperazine rings is 1. The zero-order chi connectivity index (χ0) is 11.3. The number of hydrogen-bond donors (Lipinski definition) is 1. The lowest BCUT2D eigenvalue weighted by Gasteiger charge is -2.31. The molecular formula is C8H12F3N3O. The summed E-state index contributed by atoms with van der Waals surface area (Å²) in [6.07, 6.45) is -4.59. The molecule has 1 N–H and O–H groups in total. The van der Waals surface area contributed by atoms with Crippen molar-refractivity contribution in [1.82, 2.24) is 10.2 Å². The van der Waals surface area contributed by atoms with E-state index in [-0.39, 0.29) is 12.6 Å². The van der Waals surface area contributed by atoms with Crippen LogP contribution in [0.15, 0.2) is 0 Å². The van der Waals surface area contributed by atoms with E-state index in [1.54, 1.807) is 4.90 Å². The van der Waals surface area contributed by atoms with Crippen molar-refractivity contribution in [2.75, 3.05) is 32.8 Å². The highest BCUT2D eigenvalue weighted by Gasteiger charge is 2.30. The molecule has 0 aromatic rings. The van der Waals surface area contributed by atoms with Crippen molar-refractivity contribution in [3.63, 3.8) is 0 Å². The molecule has 1 aliphatic heterocycles. The quantitative estimate of drug-likeness (QED) is 0.748. The molecule has 0 radical (unpaired) electrons. The smallest absolute Gasteiger partial charge is 0.313 e. The van der Waals surface area contributed by atoms with Crippen LogP contribution >= 0.6 is 0 Å². The van der Waals surface area contributed by atoms with Crippen LogP contribution in [0.2, 0.25) is 0 Å². The topological polar surface area (TPSA) is 48.3 Å². The van der Waals surface area contributed by atoms with Crippen molar-refractivity contribution in [3.05, 3.63) is 0 Å². The van der Waals surface area contributed by atoms with Crippen LogP contribution in [0, 0.1) is 11.3 Å². The van der Waals surface area contributed by atoms with Gasteiger partial charge >= 0.3 is 6.36 Å². The van der Waals surface area contributed by atoms with Crippen LogP contribution in [-0.2, 0) is 4.74 Å². The third-order valence-corrected chi connectivity index (χ3v) is 2.15. The molecule has 0 bridgehead atoms. The first kappa shape index (κ1) is 12.2. The van der Waals surface area contributed by atoms with E-state index in [1.165, 1.54) is 0 Å². The molecule has 7 heteroatoms. The standard InChI is InChI=1S/C8H12F3N3O/c9-8(10,11)15-4-3-14-2-1-13-6-7(14)5-12/h7,13H,1-4,6H2. The largest absolute Gasteiger partial charge is 0.522 e. The van der Waals surface area contributed by atoms with Gasteiger partial charge in [0.2, 0.25) is 0 Å². The number of rotatable bonds is 3. The van der Waals surface area contributed by atoms with Crippen LogP contribution in [-0.4, -0.2) is 50.1 Å². The molecule has 1 rings (SSSR count). The molecule has 15 heavy (non-hydrogen) atoms. The Morgan fingerprint density at radius 1 is 1.53 bits per heavy atom. The highest BCUT2D eigenvalue weighted by Crippen LogP contribution is 2.16. The van der Waals surface area contributed by atoms with Gasteiger partial charge in [0.1, 0.15) is 6.04 Å². The SMILES string of the molecule is N#CC1CNCCN1CCOC(F)(F)F. The molecule has 1 fully saturated rings. The first-order chi connectivity index (χ1) is 7.03. The van der Waals surface area contributed by atoms with Gasteiger partial charge in [0.25, 0.3) is 0 Å². The lowest BCUT2D eigenvalue weighted by Crippen LogP contribution is -2.51. The minimum Gasteiger partial charge on any atom is -0.313 e. The van der Waals surface area contributed by atoms with Gasteiger partial charge < -0.3 is 5.32 Å². The predicted octanol–water partition coefficient (Wildman–Crippen LogP) is 0.320. The van der Waals surface area contributed by atoms with E-state index >= 15 is 0 Å². The number of nitrogens with zero attached hydrogens (tertiary/aromatic N) is 2. The molecule has 4 nitrogen and oxygen atoms in total. The van der Waals surface area contributed by atoms with Crippen LogP contribution in [0.3, 0.4) is 0 Å². The van der Waals surface area contributed by atoms with Gasteiger partial charge in [-0.1, -0.05) is 0 Å². The molecule has 1 unspecified atom stereocenters. The molecule has 86 valence electrons. The summed E-state index contributed by atoms with van der Waals surface area (Å²) in [5.74, 6) is 0. The van der Waals surface area contributed by atoms with E-state index in [2.05, 4.69) is 10.1 Å². The van der Waals surface area contributed by atoms with E-state index in [0.717, 1.165) is 0 Å². The zero-order valence-electron chi connectivity index (χ0n) is 8.05. The number of nitrogens with one attached hydrogen (secondary N) is 1. The Hall–Kier alpha value is -0.840. The summed E-state index contributed by atoms with van der Waals surface area (Å²) in [4.78, 5) is 1.68. The maximum absolute atomic E-state index is 11.7. The molecule has 0 aliphatic carbocycles. The second-order valence-corrected chi connectivity index (χ2v) is 3.18. The molecule has 0 aromatic carbocycles. The summed E-state index contributed by atoms with van der Waals surface area (Å²) < 4.78 is 38.7. The summed E-state index contributed by atoms with van der Waals surface area (Å²) in [7, 11) is 0. The molecule has 0 amide bonds. The van der Waals surface area contributed by atoms with Gasteiger partial charge in [-0.15, -0.1) is 13.2 Å². The van der Waals surface area contributed by atoms with Crippen molar-refractivity contribution >= 4 is 0 Å². The fraction of sp³-hybridized carbons (Fsp3) is 0.875. The lowest BCUT2D eigenvalue weighted by atomic mass is 10.2. The Bertz CT molecular complexity index is 238. The Morgan fingerprint density at radius 2 is 2.27 bits per heavy atom. The Balaban J connectivity index is 2.27. The Labute approximate surface area is 85.6 Å². The molecule has 0 spiro atoms. The monoisotopic (exact) mass is 223 g/mol. The second-order valence-electron chi connectivity index (χ2n) is 3.18. The minimum absolute atomic E-state index is 0.124. The number of hydrogen-bond acceptors (Lipinski definition) is 4. The number of nitriles is 1. The summed E-state index contributed by atoms with van der Waals surface area (Å²) in [6.45, 7) is 1.44. The van der Waals surface area contributed by atoms with Crippen LogP contribution in [0.5, 0.6) is 0 Å². The summed E-state index contributed by atoms with van der Waals surface area (Å²) >= 11 is 0. The molecule has 0 saturated carbocycles. The molecule has 1 heterocycles. The Morgan fingerprint density at radius 3 is 2.87 bits per heavy atom. The second kappa shape index (κ2) is 5.30. The number of ether oxygens (including phenoxy) is 1. The summed E-state index contributed by atoms with van der Waals surface area (Å²) in [5.41, 5.74) is 0. The third-order valence-electron chi connectivity index (χ3n) is 2.15.